The van der Waals surface area contributed by atoms with Gasteiger partial charge in [0.2, 0.25) is 0 Å². The lowest BCUT2D eigenvalue weighted by Gasteiger charge is -2.11. The Labute approximate surface area is 91.7 Å². The largest absolute Gasteiger partial charge is 0.494 e. The van der Waals surface area contributed by atoms with Crippen molar-refractivity contribution >= 4 is 0 Å². The fourth-order valence-corrected chi connectivity index (χ4v) is 1.47. The molecule has 2 aromatic rings. The second-order valence-corrected chi connectivity index (χ2v) is 3.24. The standard InChI is InChI=1S/C11H11FN2O2/c1-16-8-4-2-3-7(9(8)12)10(15)11-13-5-6-14-11/h2-6,10,15H,1H3,(H,13,14). The molecule has 5 heteroatoms. The van der Waals surface area contributed by atoms with E-state index in [9.17, 15) is 9.50 Å². The Morgan fingerprint density at radius 2 is 2.31 bits per heavy atom. The third-order valence-corrected chi connectivity index (χ3v) is 2.29. The number of hydrogen-bond donors (Lipinski definition) is 2. The Morgan fingerprint density at radius 1 is 1.50 bits per heavy atom. The molecule has 2 N–H and O–H groups in total. The van der Waals surface area contributed by atoms with E-state index in [4.69, 9.17) is 4.74 Å². The van der Waals surface area contributed by atoms with Crippen LogP contribution in [0.1, 0.15) is 17.5 Å². The summed E-state index contributed by atoms with van der Waals surface area (Å²) in [7, 11) is 1.38. The maximum atomic E-state index is 13.8. The zero-order chi connectivity index (χ0) is 11.5. The highest BCUT2D eigenvalue weighted by atomic mass is 19.1. The number of methoxy groups -OCH3 is 1. The van der Waals surface area contributed by atoms with Gasteiger partial charge in [0.1, 0.15) is 11.9 Å². The smallest absolute Gasteiger partial charge is 0.171 e. The molecule has 0 saturated heterocycles. The number of imidazole rings is 1. The molecule has 0 radical (unpaired) electrons. The number of benzene rings is 1. The zero-order valence-corrected chi connectivity index (χ0v) is 8.64. The number of hydrogen-bond acceptors (Lipinski definition) is 3. The minimum Gasteiger partial charge on any atom is -0.494 e. The Hall–Kier alpha value is -1.88. The molecule has 0 spiro atoms. The number of aromatic nitrogens is 2. The van der Waals surface area contributed by atoms with Gasteiger partial charge in [0, 0.05) is 18.0 Å². The zero-order valence-electron chi connectivity index (χ0n) is 8.64. The summed E-state index contributed by atoms with van der Waals surface area (Å²) >= 11 is 0. The van der Waals surface area contributed by atoms with Crippen molar-refractivity contribution in [3.8, 4) is 5.75 Å². The number of rotatable bonds is 3. The van der Waals surface area contributed by atoms with E-state index in [0.717, 1.165) is 0 Å². The van der Waals surface area contributed by atoms with Gasteiger partial charge in [-0.05, 0) is 6.07 Å². The second-order valence-electron chi connectivity index (χ2n) is 3.24. The molecule has 1 aromatic heterocycles. The highest BCUT2D eigenvalue weighted by Gasteiger charge is 2.19. The number of ether oxygens (including phenoxy) is 1. The van der Waals surface area contributed by atoms with E-state index in [-0.39, 0.29) is 11.3 Å². The van der Waals surface area contributed by atoms with Crippen LogP contribution in [0.3, 0.4) is 0 Å². The summed E-state index contributed by atoms with van der Waals surface area (Å²) in [5.74, 6) is -0.177. The Bertz CT molecular complexity index is 471. The number of nitrogens with one attached hydrogen (secondary N) is 1. The first-order valence-corrected chi connectivity index (χ1v) is 4.73. The molecule has 0 bridgehead atoms. The maximum Gasteiger partial charge on any atom is 0.171 e. The Balaban J connectivity index is 2.41. The van der Waals surface area contributed by atoms with E-state index in [2.05, 4.69) is 9.97 Å². The molecule has 1 aromatic carbocycles. The predicted molar refractivity (Wildman–Crippen MR) is 55.6 cm³/mol. The molecule has 0 amide bonds. The summed E-state index contributed by atoms with van der Waals surface area (Å²) in [6.07, 6.45) is 1.94. The molecular weight excluding hydrogens is 211 g/mol. The molecule has 1 unspecified atom stereocenters. The average molecular weight is 222 g/mol. The molecule has 84 valence electrons. The van der Waals surface area contributed by atoms with Gasteiger partial charge in [-0.25, -0.2) is 9.37 Å². The van der Waals surface area contributed by atoms with Gasteiger partial charge in [0.05, 0.1) is 7.11 Å². The van der Waals surface area contributed by atoms with Gasteiger partial charge in [-0.15, -0.1) is 0 Å². The lowest BCUT2D eigenvalue weighted by atomic mass is 10.1. The van der Waals surface area contributed by atoms with Crippen LogP contribution in [0.25, 0.3) is 0 Å². The number of aromatic amines is 1. The highest BCUT2D eigenvalue weighted by Crippen LogP contribution is 2.27. The van der Waals surface area contributed by atoms with Crippen molar-refractivity contribution < 1.29 is 14.2 Å². The van der Waals surface area contributed by atoms with Crippen LogP contribution in [0.2, 0.25) is 0 Å². The third kappa shape index (κ3) is 1.77. The molecule has 2 rings (SSSR count). The van der Waals surface area contributed by atoms with Crippen LogP contribution in [0, 0.1) is 5.82 Å². The van der Waals surface area contributed by atoms with Gasteiger partial charge in [0.25, 0.3) is 0 Å². The van der Waals surface area contributed by atoms with Gasteiger partial charge in [0.15, 0.2) is 11.6 Å². The number of aliphatic hydroxyl groups is 1. The van der Waals surface area contributed by atoms with Crippen molar-refractivity contribution in [3.05, 3.63) is 47.8 Å². The molecule has 0 aliphatic rings. The van der Waals surface area contributed by atoms with E-state index in [1.807, 2.05) is 0 Å². The van der Waals surface area contributed by atoms with Gasteiger partial charge < -0.3 is 14.8 Å². The fourth-order valence-electron chi connectivity index (χ4n) is 1.47. The molecule has 1 heterocycles. The number of H-pyrrole nitrogens is 1. The summed E-state index contributed by atoms with van der Waals surface area (Å²) in [5.41, 5.74) is 0.134. The van der Waals surface area contributed by atoms with E-state index < -0.39 is 11.9 Å². The molecule has 1 atom stereocenters. The van der Waals surface area contributed by atoms with Crippen molar-refractivity contribution in [1.29, 1.82) is 0 Å². The predicted octanol–water partition coefficient (Wildman–Crippen LogP) is 1.64. The molecule has 0 fully saturated rings. The quantitative estimate of drug-likeness (QED) is 0.830. The van der Waals surface area contributed by atoms with Crippen LogP contribution in [0.4, 0.5) is 4.39 Å². The van der Waals surface area contributed by atoms with Crippen LogP contribution in [-0.2, 0) is 0 Å². The van der Waals surface area contributed by atoms with E-state index in [0.29, 0.717) is 5.82 Å². The first-order valence-electron chi connectivity index (χ1n) is 4.73. The third-order valence-electron chi connectivity index (χ3n) is 2.29. The van der Waals surface area contributed by atoms with Crippen LogP contribution in [0.5, 0.6) is 5.75 Å². The van der Waals surface area contributed by atoms with Gasteiger partial charge in [-0.1, -0.05) is 12.1 Å². The molecule has 16 heavy (non-hydrogen) atoms. The lowest BCUT2D eigenvalue weighted by Crippen LogP contribution is -2.05. The van der Waals surface area contributed by atoms with Crippen molar-refractivity contribution in [2.75, 3.05) is 7.11 Å². The second kappa shape index (κ2) is 4.32. The molecule has 4 nitrogen and oxygen atoms in total. The van der Waals surface area contributed by atoms with Crippen molar-refractivity contribution in [1.82, 2.24) is 9.97 Å². The monoisotopic (exact) mass is 222 g/mol. The number of nitrogens with zero attached hydrogens (tertiary/aromatic N) is 1. The summed E-state index contributed by atoms with van der Waals surface area (Å²) in [6, 6.07) is 4.60. The van der Waals surface area contributed by atoms with Gasteiger partial charge >= 0.3 is 0 Å². The van der Waals surface area contributed by atoms with Gasteiger partial charge in [-0.2, -0.15) is 0 Å². The van der Waals surface area contributed by atoms with Crippen LogP contribution in [-0.4, -0.2) is 22.2 Å². The highest BCUT2D eigenvalue weighted by molar-refractivity contribution is 5.34. The van der Waals surface area contributed by atoms with Crippen molar-refractivity contribution in [2.24, 2.45) is 0 Å². The van der Waals surface area contributed by atoms with Crippen molar-refractivity contribution in [3.63, 3.8) is 0 Å². The van der Waals surface area contributed by atoms with E-state index >= 15 is 0 Å². The van der Waals surface area contributed by atoms with E-state index in [1.165, 1.54) is 25.4 Å². The average Bonchev–Trinajstić information content (AvgIpc) is 2.82. The molecular formula is C11H11FN2O2. The molecule has 0 aliphatic heterocycles. The van der Waals surface area contributed by atoms with Crippen LogP contribution >= 0.6 is 0 Å². The number of aliphatic hydroxyl groups excluding tert-OH is 1. The summed E-state index contributed by atoms with van der Waals surface area (Å²) < 4.78 is 18.6. The molecule has 0 saturated carbocycles. The Morgan fingerprint density at radius 3 is 2.94 bits per heavy atom. The normalized spacial score (nSPS) is 12.4. The van der Waals surface area contributed by atoms with Crippen LogP contribution in [0.15, 0.2) is 30.6 Å². The summed E-state index contributed by atoms with van der Waals surface area (Å²) in [4.78, 5) is 6.61. The lowest BCUT2D eigenvalue weighted by molar-refractivity contribution is 0.204. The molecule has 0 aliphatic carbocycles. The SMILES string of the molecule is COc1cccc(C(O)c2ncc[nH]2)c1F. The minimum atomic E-state index is -1.12. The fraction of sp³-hybridized carbons (Fsp3) is 0.182. The minimum absolute atomic E-state index is 0.100. The topological polar surface area (TPSA) is 58.1 Å². The first-order chi connectivity index (χ1) is 7.74. The Kier molecular flexibility index (Phi) is 2.87. The number of halogens is 1. The van der Waals surface area contributed by atoms with Crippen molar-refractivity contribution in [2.45, 2.75) is 6.10 Å². The maximum absolute atomic E-state index is 13.8. The summed E-state index contributed by atoms with van der Waals surface area (Å²) in [6.45, 7) is 0. The summed E-state index contributed by atoms with van der Waals surface area (Å²) in [5, 5.41) is 9.89. The van der Waals surface area contributed by atoms with Gasteiger partial charge in [-0.3, -0.25) is 0 Å². The van der Waals surface area contributed by atoms with Crippen LogP contribution < -0.4 is 4.74 Å². The van der Waals surface area contributed by atoms with E-state index in [1.54, 1.807) is 12.3 Å². The first kappa shape index (κ1) is 10.6.